The maximum Gasteiger partial charge on any atom is 0.239 e. The molecule has 2 fully saturated rings. The fourth-order valence-corrected chi connectivity index (χ4v) is 3.66. The predicted octanol–water partition coefficient (Wildman–Crippen LogP) is 1.60. The lowest BCUT2D eigenvalue weighted by Crippen LogP contribution is -2.54. The molecule has 0 aliphatic carbocycles. The van der Waals surface area contributed by atoms with Gasteiger partial charge in [0.1, 0.15) is 6.04 Å². The van der Waals surface area contributed by atoms with Crippen molar-refractivity contribution in [1.29, 1.82) is 0 Å². The number of carbonyl (C=O) groups is 1. The van der Waals surface area contributed by atoms with Crippen LogP contribution in [0, 0.1) is 0 Å². The third-order valence-corrected chi connectivity index (χ3v) is 5.22. The number of amides is 1. The normalized spacial score (nSPS) is 24.1. The van der Waals surface area contributed by atoms with Gasteiger partial charge in [0, 0.05) is 36.2 Å². The summed E-state index contributed by atoms with van der Waals surface area (Å²) in [7, 11) is 0. The van der Waals surface area contributed by atoms with Crippen LogP contribution in [0.15, 0.2) is 28.7 Å². The van der Waals surface area contributed by atoms with Crippen molar-refractivity contribution >= 4 is 21.8 Å². The van der Waals surface area contributed by atoms with E-state index in [2.05, 4.69) is 44.8 Å². The topological polar surface area (TPSA) is 59.6 Å². The van der Waals surface area contributed by atoms with E-state index in [1.807, 2.05) is 6.07 Å². The molecule has 2 aliphatic heterocycles. The van der Waals surface area contributed by atoms with Crippen molar-refractivity contribution in [2.24, 2.45) is 0 Å². The molecule has 3 rings (SSSR count). The Balaban J connectivity index is 1.70. The number of benzene rings is 1. The quantitative estimate of drug-likeness (QED) is 0.830. The van der Waals surface area contributed by atoms with Crippen LogP contribution < -0.4 is 10.6 Å². The van der Waals surface area contributed by atoms with Gasteiger partial charge in [0.15, 0.2) is 0 Å². The standard InChI is InChI=1S/C17H23BrN2O3/c18-14-3-1-2-13(10-14)17(4-7-22-8-5-17)12-20-16(21)15-11-23-9-6-19-15/h1-3,10,15,19H,4-9,11-12H2,(H,20,21). The number of halogens is 1. The van der Waals surface area contributed by atoms with Crippen molar-refractivity contribution in [3.63, 3.8) is 0 Å². The fraction of sp³-hybridized carbons (Fsp3) is 0.588. The molecule has 1 atom stereocenters. The molecule has 1 aromatic rings. The Labute approximate surface area is 145 Å². The Morgan fingerprint density at radius 2 is 2.13 bits per heavy atom. The van der Waals surface area contributed by atoms with E-state index in [9.17, 15) is 4.79 Å². The third-order valence-electron chi connectivity index (χ3n) is 4.73. The maximum atomic E-state index is 12.4. The van der Waals surface area contributed by atoms with Gasteiger partial charge in [0.2, 0.25) is 5.91 Å². The molecule has 0 aromatic heterocycles. The Morgan fingerprint density at radius 1 is 1.30 bits per heavy atom. The first kappa shape index (κ1) is 16.9. The van der Waals surface area contributed by atoms with Crippen molar-refractivity contribution in [2.75, 3.05) is 39.5 Å². The summed E-state index contributed by atoms with van der Waals surface area (Å²) in [6, 6.07) is 8.12. The monoisotopic (exact) mass is 382 g/mol. The van der Waals surface area contributed by atoms with Crippen LogP contribution in [-0.2, 0) is 19.7 Å². The molecule has 0 radical (unpaired) electrons. The average Bonchev–Trinajstić information content (AvgIpc) is 2.61. The van der Waals surface area contributed by atoms with Crippen LogP contribution >= 0.6 is 15.9 Å². The van der Waals surface area contributed by atoms with Gasteiger partial charge in [0.25, 0.3) is 0 Å². The third kappa shape index (κ3) is 4.12. The fourth-order valence-electron chi connectivity index (χ4n) is 3.26. The SMILES string of the molecule is O=C(NCC1(c2cccc(Br)c2)CCOCC1)C1COCCN1. The Bertz CT molecular complexity index is 540. The molecule has 5 nitrogen and oxygen atoms in total. The van der Waals surface area contributed by atoms with Gasteiger partial charge in [-0.05, 0) is 30.5 Å². The summed E-state index contributed by atoms with van der Waals surface area (Å²) in [6.07, 6.45) is 1.83. The van der Waals surface area contributed by atoms with Gasteiger partial charge < -0.3 is 20.1 Å². The highest BCUT2D eigenvalue weighted by atomic mass is 79.9. The molecule has 1 amide bonds. The summed E-state index contributed by atoms with van der Waals surface area (Å²) in [4.78, 5) is 12.4. The number of nitrogens with one attached hydrogen (secondary N) is 2. The lowest BCUT2D eigenvalue weighted by molar-refractivity contribution is -0.126. The van der Waals surface area contributed by atoms with Gasteiger partial charge >= 0.3 is 0 Å². The van der Waals surface area contributed by atoms with Crippen molar-refractivity contribution in [2.45, 2.75) is 24.3 Å². The summed E-state index contributed by atoms with van der Waals surface area (Å²) >= 11 is 3.55. The van der Waals surface area contributed by atoms with E-state index in [1.54, 1.807) is 0 Å². The zero-order valence-electron chi connectivity index (χ0n) is 13.1. The van der Waals surface area contributed by atoms with Crippen LogP contribution in [0.25, 0.3) is 0 Å². The number of morpholine rings is 1. The molecule has 1 aromatic carbocycles. The number of hydrogen-bond acceptors (Lipinski definition) is 4. The first-order valence-electron chi connectivity index (χ1n) is 8.12. The van der Waals surface area contributed by atoms with Crippen molar-refractivity contribution in [3.8, 4) is 0 Å². The minimum atomic E-state index is -0.247. The highest BCUT2D eigenvalue weighted by Crippen LogP contribution is 2.35. The van der Waals surface area contributed by atoms with Crippen molar-refractivity contribution < 1.29 is 14.3 Å². The first-order chi connectivity index (χ1) is 11.2. The number of carbonyl (C=O) groups excluding carboxylic acids is 1. The molecular formula is C17H23BrN2O3. The van der Waals surface area contributed by atoms with Gasteiger partial charge in [-0.3, -0.25) is 4.79 Å². The van der Waals surface area contributed by atoms with E-state index in [0.717, 1.165) is 37.1 Å². The first-order valence-corrected chi connectivity index (χ1v) is 8.92. The van der Waals surface area contributed by atoms with E-state index >= 15 is 0 Å². The van der Waals surface area contributed by atoms with Gasteiger partial charge in [-0.2, -0.15) is 0 Å². The second-order valence-electron chi connectivity index (χ2n) is 6.20. The maximum absolute atomic E-state index is 12.4. The minimum absolute atomic E-state index is 0.0190. The molecule has 0 saturated carbocycles. The highest BCUT2D eigenvalue weighted by Gasteiger charge is 2.35. The predicted molar refractivity (Wildman–Crippen MR) is 91.5 cm³/mol. The lowest BCUT2D eigenvalue weighted by atomic mass is 9.74. The number of rotatable bonds is 4. The molecule has 23 heavy (non-hydrogen) atoms. The summed E-state index contributed by atoms with van der Waals surface area (Å²) < 4.78 is 12.0. The van der Waals surface area contributed by atoms with Gasteiger partial charge in [-0.15, -0.1) is 0 Å². The lowest BCUT2D eigenvalue weighted by Gasteiger charge is -2.38. The second-order valence-corrected chi connectivity index (χ2v) is 7.12. The zero-order chi connectivity index (χ0) is 16.1. The number of ether oxygens (including phenoxy) is 2. The number of hydrogen-bond donors (Lipinski definition) is 2. The second kappa shape index (κ2) is 7.75. The molecule has 0 spiro atoms. The molecule has 6 heteroatoms. The largest absolute Gasteiger partial charge is 0.381 e. The summed E-state index contributed by atoms with van der Waals surface area (Å²) in [6.45, 7) is 3.93. The molecule has 2 saturated heterocycles. The zero-order valence-corrected chi connectivity index (χ0v) is 14.7. The van der Waals surface area contributed by atoms with Crippen LogP contribution in [0.2, 0.25) is 0 Å². The van der Waals surface area contributed by atoms with E-state index in [1.165, 1.54) is 5.56 Å². The highest BCUT2D eigenvalue weighted by molar-refractivity contribution is 9.10. The average molecular weight is 383 g/mol. The Morgan fingerprint density at radius 3 is 2.83 bits per heavy atom. The molecule has 2 N–H and O–H groups in total. The summed E-state index contributed by atoms with van der Waals surface area (Å²) in [5, 5.41) is 6.33. The molecule has 0 bridgehead atoms. The van der Waals surface area contributed by atoms with Crippen LogP contribution in [0.3, 0.4) is 0 Å². The van der Waals surface area contributed by atoms with Crippen LogP contribution in [0.4, 0.5) is 0 Å². The minimum Gasteiger partial charge on any atom is -0.381 e. The van der Waals surface area contributed by atoms with E-state index in [-0.39, 0.29) is 17.4 Å². The van der Waals surface area contributed by atoms with E-state index in [4.69, 9.17) is 9.47 Å². The molecule has 1 unspecified atom stereocenters. The molecule has 2 aliphatic rings. The Kier molecular flexibility index (Phi) is 5.69. The molecular weight excluding hydrogens is 360 g/mol. The molecule has 2 heterocycles. The summed E-state index contributed by atoms with van der Waals surface area (Å²) in [5.74, 6) is 0.0190. The van der Waals surface area contributed by atoms with E-state index in [0.29, 0.717) is 19.8 Å². The van der Waals surface area contributed by atoms with Crippen molar-refractivity contribution in [1.82, 2.24) is 10.6 Å². The Hall–Kier alpha value is -0.950. The van der Waals surface area contributed by atoms with E-state index < -0.39 is 0 Å². The summed E-state index contributed by atoms with van der Waals surface area (Å²) in [5.41, 5.74) is 1.19. The van der Waals surface area contributed by atoms with Gasteiger partial charge in [-0.25, -0.2) is 0 Å². The van der Waals surface area contributed by atoms with Crippen molar-refractivity contribution in [3.05, 3.63) is 34.3 Å². The smallest absolute Gasteiger partial charge is 0.239 e. The van der Waals surface area contributed by atoms with Gasteiger partial charge in [-0.1, -0.05) is 28.1 Å². The van der Waals surface area contributed by atoms with Gasteiger partial charge in [0.05, 0.1) is 13.2 Å². The van der Waals surface area contributed by atoms with Crippen LogP contribution in [0.5, 0.6) is 0 Å². The van der Waals surface area contributed by atoms with Crippen LogP contribution in [-0.4, -0.2) is 51.5 Å². The van der Waals surface area contributed by atoms with Crippen LogP contribution in [0.1, 0.15) is 18.4 Å². The molecule has 126 valence electrons.